The van der Waals surface area contributed by atoms with Gasteiger partial charge in [-0.05, 0) is 42.2 Å². The standard InChI is InChI=1S/C13H14O/c1-3-10-7-11(8-14)13-6-9(2)4-5-12(10)13/h3-7,14H,8H2,1-2H3/b10-3+. The van der Waals surface area contributed by atoms with Crippen molar-refractivity contribution >= 4 is 11.1 Å². The van der Waals surface area contributed by atoms with Crippen LogP contribution in [0.1, 0.15) is 23.6 Å². The summed E-state index contributed by atoms with van der Waals surface area (Å²) in [5.41, 5.74) is 5.89. The van der Waals surface area contributed by atoms with Gasteiger partial charge in [0.25, 0.3) is 0 Å². The van der Waals surface area contributed by atoms with Crippen LogP contribution < -0.4 is 0 Å². The molecule has 0 amide bonds. The van der Waals surface area contributed by atoms with Gasteiger partial charge < -0.3 is 5.11 Å². The van der Waals surface area contributed by atoms with Crippen LogP contribution in [-0.2, 0) is 0 Å². The van der Waals surface area contributed by atoms with E-state index in [1.165, 1.54) is 22.3 Å². The van der Waals surface area contributed by atoms with Crippen LogP contribution in [0.3, 0.4) is 0 Å². The Balaban J connectivity index is 2.62. The Morgan fingerprint density at radius 3 is 2.71 bits per heavy atom. The monoisotopic (exact) mass is 186 g/mol. The fourth-order valence-corrected chi connectivity index (χ4v) is 1.89. The summed E-state index contributed by atoms with van der Waals surface area (Å²) < 4.78 is 0. The Kier molecular flexibility index (Phi) is 2.26. The van der Waals surface area contributed by atoms with E-state index in [9.17, 15) is 5.11 Å². The second kappa shape index (κ2) is 3.43. The molecule has 14 heavy (non-hydrogen) atoms. The molecule has 1 aliphatic rings. The number of fused-ring (bicyclic) bond motifs is 1. The van der Waals surface area contributed by atoms with Gasteiger partial charge in [0.05, 0.1) is 6.61 Å². The van der Waals surface area contributed by atoms with Gasteiger partial charge in [-0.1, -0.05) is 29.8 Å². The minimum atomic E-state index is 0.119. The van der Waals surface area contributed by atoms with Gasteiger partial charge in [-0.2, -0.15) is 0 Å². The molecule has 1 aliphatic carbocycles. The molecule has 1 heteroatoms. The number of aryl methyl sites for hydroxylation is 1. The third-order valence-corrected chi connectivity index (χ3v) is 2.64. The average molecular weight is 186 g/mol. The predicted molar refractivity (Wildman–Crippen MR) is 59.9 cm³/mol. The van der Waals surface area contributed by atoms with Gasteiger partial charge in [0.1, 0.15) is 0 Å². The number of hydrogen-bond donors (Lipinski definition) is 1. The minimum absolute atomic E-state index is 0.119. The summed E-state index contributed by atoms with van der Waals surface area (Å²) in [5.74, 6) is 0. The second-order valence-electron chi connectivity index (χ2n) is 3.62. The molecule has 0 saturated heterocycles. The normalized spacial score (nSPS) is 17.1. The summed E-state index contributed by atoms with van der Waals surface area (Å²) in [7, 11) is 0. The highest BCUT2D eigenvalue weighted by molar-refractivity contribution is 5.95. The van der Waals surface area contributed by atoms with Crippen LogP contribution in [0.4, 0.5) is 0 Å². The fourth-order valence-electron chi connectivity index (χ4n) is 1.89. The Labute approximate surface area is 84.4 Å². The predicted octanol–water partition coefficient (Wildman–Crippen LogP) is 2.79. The molecule has 0 spiro atoms. The average Bonchev–Trinajstić information content (AvgIpc) is 2.55. The highest BCUT2D eigenvalue weighted by Gasteiger charge is 2.16. The maximum atomic E-state index is 9.22. The molecule has 1 aromatic carbocycles. The van der Waals surface area contributed by atoms with E-state index in [1.807, 2.05) is 6.92 Å². The summed E-state index contributed by atoms with van der Waals surface area (Å²) in [4.78, 5) is 0. The topological polar surface area (TPSA) is 20.2 Å². The van der Waals surface area contributed by atoms with Crippen molar-refractivity contribution in [3.05, 3.63) is 47.0 Å². The quantitative estimate of drug-likeness (QED) is 0.715. The van der Waals surface area contributed by atoms with E-state index in [-0.39, 0.29) is 6.61 Å². The molecule has 0 atom stereocenters. The highest BCUT2D eigenvalue weighted by atomic mass is 16.3. The lowest BCUT2D eigenvalue weighted by molar-refractivity contribution is 0.350. The van der Waals surface area contributed by atoms with Gasteiger partial charge in [0.2, 0.25) is 0 Å². The molecular weight excluding hydrogens is 172 g/mol. The van der Waals surface area contributed by atoms with Gasteiger partial charge in [-0.25, -0.2) is 0 Å². The Morgan fingerprint density at radius 1 is 1.29 bits per heavy atom. The zero-order valence-electron chi connectivity index (χ0n) is 8.54. The largest absolute Gasteiger partial charge is 0.392 e. The smallest absolute Gasteiger partial charge is 0.0688 e. The Morgan fingerprint density at radius 2 is 2.07 bits per heavy atom. The molecule has 0 radical (unpaired) electrons. The maximum absolute atomic E-state index is 9.22. The van der Waals surface area contributed by atoms with Crippen molar-refractivity contribution in [3.63, 3.8) is 0 Å². The van der Waals surface area contributed by atoms with Gasteiger partial charge >= 0.3 is 0 Å². The summed E-state index contributed by atoms with van der Waals surface area (Å²) >= 11 is 0. The second-order valence-corrected chi connectivity index (χ2v) is 3.62. The molecular formula is C13H14O. The van der Waals surface area contributed by atoms with Crippen LogP contribution in [-0.4, -0.2) is 11.7 Å². The minimum Gasteiger partial charge on any atom is -0.392 e. The first-order valence-corrected chi connectivity index (χ1v) is 4.85. The van der Waals surface area contributed by atoms with E-state index >= 15 is 0 Å². The Hall–Kier alpha value is -1.34. The molecule has 72 valence electrons. The number of allylic oxidation sites excluding steroid dienone is 3. The number of rotatable bonds is 1. The third kappa shape index (κ3) is 1.30. The summed E-state index contributed by atoms with van der Waals surface area (Å²) in [6, 6.07) is 6.36. The van der Waals surface area contributed by atoms with Crippen molar-refractivity contribution in [2.75, 3.05) is 6.61 Å². The van der Waals surface area contributed by atoms with E-state index in [1.54, 1.807) is 0 Å². The van der Waals surface area contributed by atoms with Crippen molar-refractivity contribution in [2.45, 2.75) is 13.8 Å². The SMILES string of the molecule is C/C=C1\C=C(CO)c2cc(C)ccc21. The van der Waals surface area contributed by atoms with E-state index in [2.05, 4.69) is 37.3 Å². The molecule has 1 aromatic rings. The van der Waals surface area contributed by atoms with E-state index in [4.69, 9.17) is 0 Å². The van der Waals surface area contributed by atoms with Crippen molar-refractivity contribution < 1.29 is 5.11 Å². The van der Waals surface area contributed by atoms with E-state index in [0.29, 0.717) is 0 Å². The first-order valence-electron chi connectivity index (χ1n) is 4.85. The van der Waals surface area contributed by atoms with Crippen LogP contribution in [0.5, 0.6) is 0 Å². The van der Waals surface area contributed by atoms with Crippen molar-refractivity contribution in [3.8, 4) is 0 Å². The lowest BCUT2D eigenvalue weighted by Crippen LogP contribution is -1.89. The number of benzene rings is 1. The maximum Gasteiger partial charge on any atom is 0.0688 e. The molecule has 0 bridgehead atoms. The zero-order valence-corrected chi connectivity index (χ0v) is 8.54. The van der Waals surface area contributed by atoms with Gasteiger partial charge in [0.15, 0.2) is 0 Å². The number of aliphatic hydroxyl groups is 1. The highest BCUT2D eigenvalue weighted by Crippen LogP contribution is 2.35. The number of hydrogen-bond acceptors (Lipinski definition) is 1. The summed E-state index contributed by atoms with van der Waals surface area (Å²) in [6.45, 7) is 4.21. The molecule has 0 aromatic heterocycles. The van der Waals surface area contributed by atoms with Crippen LogP contribution in [0, 0.1) is 6.92 Å². The van der Waals surface area contributed by atoms with Crippen molar-refractivity contribution in [2.24, 2.45) is 0 Å². The zero-order chi connectivity index (χ0) is 10.1. The molecule has 1 nitrogen and oxygen atoms in total. The Bertz CT molecular complexity index is 425. The molecule has 0 fully saturated rings. The third-order valence-electron chi connectivity index (χ3n) is 2.64. The lowest BCUT2D eigenvalue weighted by Gasteiger charge is -2.04. The van der Waals surface area contributed by atoms with Crippen LogP contribution in [0.25, 0.3) is 11.1 Å². The number of aliphatic hydroxyl groups excluding tert-OH is 1. The van der Waals surface area contributed by atoms with Crippen LogP contribution >= 0.6 is 0 Å². The fraction of sp³-hybridized carbons (Fsp3) is 0.231. The lowest BCUT2D eigenvalue weighted by atomic mass is 10.0. The van der Waals surface area contributed by atoms with Crippen LogP contribution in [0.15, 0.2) is 30.4 Å². The van der Waals surface area contributed by atoms with Gasteiger partial charge in [-0.3, -0.25) is 0 Å². The van der Waals surface area contributed by atoms with Gasteiger partial charge in [0, 0.05) is 0 Å². The van der Waals surface area contributed by atoms with Crippen molar-refractivity contribution in [1.82, 2.24) is 0 Å². The van der Waals surface area contributed by atoms with Crippen molar-refractivity contribution in [1.29, 1.82) is 0 Å². The van der Waals surface area contributed by atoms with E-state index < -0.39 is 0 Å². The first kappa shape index (κ1) is 9.22. The van der Waals surface area contributed by atoms with Gasteiger partial charge in [-0.15, -0.1) is 0 Å². The first-order chi connectivity index (χ1) is 6.76. The van der Waals surface area contributed by atoms with Crippen LogP contribution in [0.2, 0.25) is 0 Å². The molecule has 0 aliphatic heterocycles. The molecule has 0 unspecified atom stereocenters. The summed E-state index contributed by atoms with van der Waals surface area (Å²) in [5, 5.41) is 9.22. The molecule has 2 rings (SSSR count). The molecule has 1 N–H and O–H groups in total. The summed E-state index contributed by atoms with van der Waals surface area (Å²) in [6.07, 6.45) is 4.14. The molecule has 0 saturated carbocycles. The molecule has 0 heterocycles. The van der Waals surface area contributed by atoms with E-state index in [0.717, 1.165) is 5.57 Å².